The van der Waals surface area contributed by atoms with E-state index in [1.807, 2.05) is 31.2 Å². The molecule has 0 bridgehead atoms. The monoisotopic (exact) mass is 481 g/mol. The summed E-state index contributed by atoms with van der Waals surface area (Å²) in [5.41, 5.74) is 3.85. The van der Waals surface area contributed by atoms with Crippen molar-refractivity contribution in [3.63, 3.8) is 0 Å². The molecule has 0 spiro atoms. The number of fused-ring (bicyclic) bond motifs is 2. The third-order valence-corrected chi connectivity index (χ3v) is 7.60. The molecule has 5 rings (SSSR count). The van der Waals surface area contributed by atoms with E-state index in [9.17, 15) is 17.6 Å². The number of anilines is 1. The summed E-state index contributed by atoms with van der Waals surface area (Å²) in [6.45, 7) is 3.81. The first kappa shape index (κ1) is 22.3. The summed E-state index contributed by atoms with van der Waals surface area (Å²) >= 11 is 0. The molecule has 9 heteroatoms. The second-order valence-electron chi connectivity index (χ2n) is 8.67. The molecule has 176 valence electrons. The lowest BCUT2D eigenvalue weighted by molar-refractivity contribution is 0.0952. The van der Waals surface area contributed by atoms with E-state index in [1.165, 1.54) is 12.1 Å². The number of para-hydroxylation sites is 1. The smallest absolute Gasteiger partial charge is 0.294 e. The summed E-state index contributed by atoms with van der Waals surface area (Å²) in [6.07, 6.45) is 2.67. The molecule has 2 heterocycles. The summed E-state index contributed by atoms with van der Waals surface area (Å²) in [7, 11) is -3.97. The van der Waals surface area contributed by atoms with Gasteiger partial charge in [-0.05, 0) is 69.0 Å². The zero-order valence-corrected chi connectivity index (χ0v) is 19.7. The molecule has 3 aromatic rings. The summed E-state index contributed by atoms with van der Waals surface area (Å²) in [5, 5.41) is 4.18. The SMILES string of the molecule is Cc1c(C(=O)N2c3ccccc3CC2C)oc2c1/C(=N/NS(=O)(=O)c1ccc(F)cc1)CCC2. The Labute approximate surface area is 197 Å². The lowest BCUT2D eigenvalue weighted by atomic mass is 9.93. The molecular weight excluding hydrogens is 457 g/mol. The number of hydrogen-bond acceptors (Lipinski definition) is 5. The van der Waals surface area contributed by atoms with Gasteiger partial charge in [-0.2, -0.15) is 18.4 Å². The van der Waals surface area contributed by atoms with Gasteiger partial charge in [0.2, 0.25) is 0 Å². The first-order chi connectivity index (χ1) is 16.3. The standard InChI is InChI=1S/C25H24FN3O4S/c1-15-14-17-6-3-4-8-21(17)29(15)25(30)24-16(2)23-20(7-5-9-22(23)33-24)27-28-34(31,32)19-12-10-18(26)11-13-19/h3-4,6,8,10-13,15,28H,5,7,9,14H2,1-2H3/b27-20+. The van der Waals surface area contributed by atoms with E-state index in [0.29, 0.717) is 41.9 Å². The molecule has 2 aliphatic rings. The van der Waals surface area contributed by atoms with Crippen LogP contribution in [0.2, 0.25) is 0 Å². The van der Waals surface area contributed by atoms with Crippen molar-refractivity contribution in [2.75, 3.05) is 4.90 Å². The number of nitrogens with zero attached hydrogens (tertiary/aromatic N) is 2. The average Bonchev–Trinajstić information content (AvgIpc) is 3.34. The number of carbonyl (C=O) groups is 1. The average molecular weight is 482 g/mol. The van der Waals surface area contributed by atoms with Crippen LogP contribution in [0.25, 0.3) is 0 Å². The number of furan rings is 1. The van der Waals surface area contributed by atoms with Crippen LogP contribution in [0, 0.1) is 12.7 Å². The second-order valence-corrected chi connectivity index (χ2v) is 10.3. The first-order valence-electron chi connectivity index (χ1n) is 11.1. The van der Waals surface area contributed by atoms with Gasteiger partial charge in [0.25, 0.3) is 15.9 Å². The Morgan fingerprint density at radius 1 is 1.15 bits per heavy atom. The van der Waals surface area contributed by atoms with Gasteiger partial charge in [-0.1, -0.05) is 18.2 Å². The number of hydrazone groups is 1. The maximum atomic E-state index is 13.5. The Morgan fingerprint density at radius 2 is 1.88 bits per heavy atom. The summed E-state index contributed by atoms with van der Waals surface area (Å²) in [5.74, 6) is 0.149. The van der Waals surface area contributed by atoms with Crippen molar-refractivity contribution in [1.29, 1.82) is 0 Å². The van der Waals surface area contributed by atoms with Crippen LogP contribution in [0.3, 0.4) is 0 Å². The van der Waals surface area contributed by atoms with Crippen LogP contribution in [0.1, 0.15) is 52.8 Å². The van der Waals surface area contributed by atoms with Crippen LogP contribution >= 0.6 is 0 Å². The molecule has 1 N–H and O–H groups in total. The molecule has 0 fully saturated rings. The van der Waals surface area contributed by atoms with E-state index < -0.39 is 15.8 Å². The Balaban J connectivity index is 1.46. The highest BCUT2D eigenvalue weighted by atomic mass is 32.2. The highest BCUT2D eigenvalue weighted by molar-refractivity contribution is 7.89. The predicted octanol–water partition coefficient (Wildman–Crippen LogP) is 4.34. The van der Waals surface area contributed by atoms with Crippen molar-refractivity contribution in [2.24, 2.45) is 5.10 Å². The highest BCUT2D eigenvalue weighted by Crippen LogP contribution is 2.36. The molecule has 1 aromatic heterocycles. The van der Waals surface area contributed by atoms with Crippen LogP contribution in [-0.2, 0) is 22.9 Å². The third kappa shape index (κ3) is 3.79. The van der Waals surface area contributed by atoms with Gasteiger partial charge in [0.05, 0.1) is 10.6 Å². The highest BCUT2D eigenvalue weighted by Gasteiger charge is 2.36. The fourth-order valence-electron chi connectivity index (χ4n) is 4.75. The van der Waals surface area contributed by atoms with Crippen LogP contribution in [0.4, 0.5) is 10.1 Å². The van der Waals surface area contributed by atoms with E-state index in [4.69, 9.17) is 4.42 Å². The van der Waals surface area contributed by atoms with E-state index in [-0.39, 0.29) is 22.6 Å². The lowest BCUT2D eigenvalue weighted by Crippen LogP contribution is -2.35. The normalized spacial score (nSPS) is 18.6. The number of aryl methyl sites for hydroxylation is 1. The van der Waals surface area contributed by atoms with E-state index in [0.717, 1.165) is 29.8 Å². The lowest BCUT2D eigenvalue weighted by Gasteiger charge is -2.21. The molecule has 34 heavy (non-hydrogen) atoms. The number of sulfonamides is 1. The van der Waals surface area contributed by atoms with Crippen LogP contribution < -0.4 is 9.73 Å². The van der Waals surface area contributed by atoms with Gasteiger partial charge in [-0.25, -0.2) is 4.39 Å². The zero-order chi connectivity index (χ0) is 24.0. The molecule has 1 aliphatic heterocycles. The molecule has 1 atom stereocenters. The van der Waals surface area contributed by atoms with Crippen molar-refractivity contribution < 1.29 is 22.0 Å². The van der Waals surface area contributed by atoms with Crippen molar-refractivity contribution in [3.05, 3.63) is 82.6 Å². The first-order valence-corrected chi connectivity index (χ1v) is 12.6. The largest absolute Gasteiger partial charge is 0.455 e. The number of hydrogen-bond donors (Lipinski definition) is 1. The molecule has 1 unspecified atom stereocenters. The fourth-order valence-corrected chi connectivity index (χ4v) is 5.58. The van der Waals surface area contributed by atoms with E-state index in [1.54, 1.807) is 11.8 Å². The molecule has 0 saturated carbocycles. The molecule has 1 aliphatic carbocycles. The molecule has 0 radical (unpaired) electrons. The van der Waals surface area contributed by atoms with Gasteiger partial charge in [-0.15, -0.1) is 0 Å². The number of rotatable bonds is 4. The maximum Gasteiger partial charge on any atom is 0.294 e. The van der Waals surface area contributed by atoms with Crippen LogP contribution in [-0.4, -0.2) is 26.1 Å². The summed E-state index contributed by atoms with van der Waals surface area (Å²) < 4.78 is 44.4. The number of carbonyl (C=O) groups excluding carboxylic acids is 1. The predicted molar refractivity (Wildman–Crippen MR) is 126 cm³/mol. The minimum absolute atomic E-state index is 0.00193. The number of nitrogens with one attached hydrogen (secondary N) is 1. The van der Waals surface area contributed by atoms with Gasteiger partial charge >= 0.3 is 0 Å². The van der Waals surface area contributed by atoms with Gasteiger partial charge in [-0.3, -0.25) is 4.79 Å². The Kier molecular flexibility index (Phi) is 5.51. The number of benzene rings is 2. The Bertz CT molecular complexity index is 1410. The molecule has 0 saturated heterocycles. The maximum absolute atomic E-state index is 13.5. The van der Waals surface area contributed by atoms with Crippen molar-refractivity contribution in [2.45, 2.75) is 50.5 Å². The van der Waals surface area contributed by atoms with Gasteiger partial charge < -0.3 is 9.32 Å². The fraction of sp³-hybridized carbons (Fsp3) is 0.280. The van der Waals surface area contributed by atoms with Crippen LogP contribution in [0.5, 0.6) is 0 Å². The molecule has 1 amide bonds. The minimum atomic E-state index is -3.97. The van der Waals surface area contributed by atoms with Gasteiger partial charge in [0.15, 0.2) is 5.76 Å². The molecule has 2 aromatic carbocycles. The van der Waals surface area contributed by atoms with E-state index >= 15 is 0 Å². The topological polar surface area (TPSA) is 92.0 Å². The quantitative estimate of drug-likeness (QED) is 0.561. The van der Waals surface area contributed by atoms with Gasteiger partial charge in [0, 0.05) is 29.3 Å². The number of amides is 1. The molecular formula is C25H24FN3O4S. The summed E-state index contributed by atoms with van der Waals surface area (Å²) in [4.78, 5) is 17.5. The number of halogens is 1. The minimum Gasteiger partial charge on any atom is -0.455 e. The Morgan fingerprint density at radius 3 is 2.65 bits per heavy atom. The third-order valence-electron chi connectivity index (χ3n) is 6.37. The van der Waals surface area contributed by atoms with Crippen molar-refractivity contribution in [3.8, 4) is 0 Å². The second kappa shape index (κ2) is 8.39. The van der Waals surface area contributed by atoms with Gasteiger partial charge in [0.1, 0.15) is 11.6 Å². The summed E-state index contributed by atoms with van der Waals surface area (Å²) in [6, 6.07) is 12.4. The molecule has 7 nitrogen and oxygen atoms in total. The zero-order valence-electron chi connectivity index (χ0n) is 18.8. The van der Waals surface area contributed by atoms with Crippen molar-refractivity contribution >= 4 is 27.3 Å². The van der Waals surface area contributed by atoms with Crippen molar-refractivity contribution in [1.82, 2.24) is 4.83 Å². The van der Waals surface area contributed by atoms with E-state index in [2.05, 4.69) is 9.93 Å². The Hall–Kier alpha value is -3.46. The van der Waals surface area contributed by atoms with Crippen LogP contribution in [0.15, 0.2) is 62.9 Å².